The first-order chi connectivity index (χ1) is 27.9. The molecular formula is C51H30BrCl2N3. The summed E-state index contributed by atoms with van der Waals surface area (Å²) in [5.74, 6) is 0. The molecule has 0 radical (unpaired) electrons. The molecule has 2 aliphatic carbocycles. The van der Waals surface area contributed by atoms with Crippen molar-refractivity contribution in [3.63, 3.8) is 0 Å². The summed E-state index contributed by atoms with van der Waals surface area (Å²) in [6.07, 6.45) is 0. The van der Waals surface area contributed by atoms with E-state index in [1.807, 2.05) is 36.4 Å². The fourth-order valence-corrected chi connectivity index (χ4v) is 10.8. The average molecular weight is 836 g/mol. The van der Waals surface area contributed by atoms with Crippen molar-refractivity contribution in [2.75, 3.05) is 10.6 Å². The van der Waals surface area contributed by atoms with Gasteiger partial charge < -0.3 is 10.6 Å². The van der Waals surface area contributed by atoms with Gasteiger partial charge in [0.25, 0.3) is 0 Å². The molecule has 0 amide bonds. The monoisotopic (exact) mass is 833 g/mol. The second-order valence-corrected chi connectivity index (χ2v) is 16.7. The molecule has 4 aliphatic rings. The van der Waals surface area contributed by atoms with E-state index in [0.29, 0.717) is 10.6 Å². The Morgan fingerprint density at radius 3 is 1.18 bits per heavy atom. The summed E-state index contributed by atoms with van der Waals surface area (Å²) in [5.41, 5.74) is 18.7. The summed E-state index contributed by atoms with van der Waals surface area (Å²) in [4.78, 5) is 0. The lowest BCUT2D eigenvalue weighted by molar-refractivity contribution is 0.762. The van der Waals surface area contributed by atoms with Crippen LogP contribution < -0.4 is 10.6 Å². The molecule has 0 bridgehead atoms. The second-order valence-electron chi connectivity index (χ2n) is 14.9. The van der Waals surface area contributed by atoms with Crippen LogP contribution in [0.3, 0.4) is 0 Å². The van der Waals surface area contributed by atoms with Gasteiger partial charge in [0, 0.05) is 37.3 Å². The predicted molar refractivity (Wildman–Crippen MR) is 236 cm³/mol. The Morgan fingerprint density at radius 2 is 0.754 bits per heavy atom. The first kappa shape index (κ1) is 34.2. The van der Waals surface area contributed by atoms with Gasteiger partial charge in [-0.25, -0.2) is 0 Å². The zero-order chi connectivity index (χ0) is 38.5. The Morgan fingerprint density at radius 1 is 0.404 bits per heavy atom. The minimum absolute atomic E-state index is 0.391. The van der Waals surface area contributed by atoms with Crippen molar-refractivity contribution in [2.24, 2.45) is 0 Å². The minimum atomic E-state index is -0.513. The SMILES string of the molecule is Clc1ccc2c(c1)C1(c3ccccc3Nc3ccccc31)c1cc(Br)ccc1-2.N#Cc1ccc2c(c1)C1(c3ccccc3Nc3ccccc31)c1cc(Cl)ccc1-2. The Labute approximate surface area is 349 Å². The van der Waals surface area contributed by atoms with Gasteiger partial charge in [0.1, 0.15) is 0 Å². The van der Waals surface area contributed by atoms with Gasteiger partial charge in [-0.05, 0) is 140 Å². The molecule has 0 fully saturated rings. The Hall–Kier alpha value is -6.09. The number of hydrogen-bond acceptors (Lipinski definition) is 3. The van der Waals surface area contributed by atoms with Gasteiger partial charge >= 0.3 is 0 Å². The van der Waals surface area contributed by atoms with Crippen LogP contribution >= 0.6 is 39.1 Å². The van der Waals surface area contributed by atoms with E-state index in [2.05, 4.69) is 166 Å². The maximum atomic E-state index is 9.62. The van der Waals surface area contributed by atoms with Crippen LogP contribution in [0.5, 0.6) is 0 Å². The zero-order valence-corrected chi connectivity index (χ0v) is 33.3. The number of hydrogen-bond donors (Lipinski definition) is 2. The third kappa shape index (κ3) is 4.71. The summed E-state index contributed by atoms with van der Waals surface area (Å²) in [6.45, 7) is 0. The molecular weight excluding hydrogens is 805 g/mol. The van der Waals surface area contributed by atoms with Crippen molar-refractivity contribution in [2.45, 2.75) is 10.8 Å². The van der Waals surface area contributed by atoms with Crippen molar-refractivity contribution < 1.29 is 0 Å². The topological polar surface area (TPSA) is 47.9 Å². The molecule has 270 valence electrons. The third-order valence-electron chi connectivity index (χ3n) is 12.2. The molecule has 12 rings (SSSR count). The summed E-state index contributed by atoms with van der Waals surface area (Å²) in [6, 6.07) is 61.4. The smallest absolute Gasteiger partial charge is 0.0991 e. The number of nitrogens with zero attached hydrogens (tertiary/aromatic N) is 1. The third-order valence-corrected chi connectivity index (χ3v) is 13.1. The highest BCUT2D eigenvalue weighted by molar-refractivity contribution is 9.10. The average Bonchev–Trinajstić information content (AvgIpc) is 3.67. The van der Waals surface area contributed by atoms with Gasteiger partial charge in [0.2, 0.25) is 0 Å². The fourth-order valence-electron chi connectivity index (χ4n) is 10.1. The molecule has 2 spiro atoms. The molecule has 2 aliphatic heterocycles. The lowest BCUT2D eigenvalue weighted by Crippen LogP contribution is -2.33. The van der Waals surface area contributed by atoms with Crippen LogP contribution in [0.1, 0.15) is 50.1 Å². The van der Waals surface area contributed by atoms with Crippen LogP contribution in [0.15, 0.2) is 174 Å². The predicted octanol–water partition coefficient (Wildman–Crippen LogP) is 14.2. The van der Waals surface area contributed by atoms with Gasteiger partial charge in [-0.2, -0.15) is 5.26 Å². The number of nitrogens with one attached hydrogen (secondary N) is 2. The number of benzene rings is 8. The quantitative estimate of drug-likeness (QED) is 0.160. The van der Waals surface area contributed by atoms with E-state index in [4.69, 9.17) is 23.2 Å². The van der Waals surface area contributed by atoms with Gasteiger partial charge in [0.15, 0.2) is 0 Å². The molecule has 8 aromatic carbocycles. The lowest BCUT2D eigenvalue weighted by Gasteiger charge is -2.40. The maximum Gasteiger partial charge on any atom is 0.0991 e. The summed E-state index contributed by atoms with van der Waals surface area (Å²) in [7, 11) is 0. The highest BCUT2D eigenvalue weighted by atomic mass is 79.9. The molecule has 3 nitrogen and oxygen atoms in total. The van der Waals surface area contributed by atoms with Crippen molar-refractivity contribution >= 4 is 61.9 Å². The molecule has 0 aromatic heterocycles. The molecule has 0 saturated heterocycles. The van der Waals surface area contributed by atoms with Crippen LogP contribution in [0.25, 0.3) is 22.3 Å². The number of halogens is 3. The molecule has 2 N–H and O–H groups in total. The van der Waals surface area contributed by atoms with Crippen LogP contribution in [0.4, 0.5) is 22.7 Å². The van der Waals surface area contributed by atoms with E-state index < -0.39 is 10.8 Å². The first-order valence-electron chi connectivity index (χ1n) is 18.8. The number of fused-ring (bicyclic) bond motifs is 18. The van der Waals surface area contributed by atoms with Gasteiger partial charge in [-0.1, -0.05) is 136 Å². The summed E-state index contributed by atoms with van der Waals surface area (Å²) >= 11 is 16.8. The van der Waals surface area contributed by atoms with Crippen LogP contribution in [0, 0.1) is 11.3 Å². The Kier molecular flexibility index (Phi) is 7.62. The molecule has 0 saturated carbocycles. The zero-order valence-electron chi connectivity index (χ0n) is 30.2. The number of para-hydroxylation sites is 4. The Balaban J connectivity index is 0.000000131. The van der Waals surface area contributed by atoms with E-state index >= 15 is 0 Å². The molecule has 6 heteroatoms. The van der Waals surface area contributed by atoms with Crippen molar-refractivity contribution in [1.82, 2.24) is 0 Å². The highest BCUT2D eigenvalue weighted by Crippen LogP contribution is 2.63. The second kappa shape index (κ2) is 12.7. The molecule has 0 unspecified atom stereocenters. The van der Waals surface area contributed by atoms with Gasteiger partial charge in [0.05, 0.1) is 22.5 Å². The van der Waals surface area contributed by atoms with Crippen molar-refractivity contribution in [1.29, 1.82) is 5.26 Å². The number of anilines is 4. The van der Waals surface area contributed by atoms with Crippen molar-refractivity contribution in [3.05, 3.63) is 234 Å². The van der Waals surface area contributed by atoms with Crippen LogP contribution in [-0.4, -0.2) is 0 Å². The van der Waals surface area contributed by atoms with Gasteiger partial charge in [-0.15, -0.1) is 0 Å². The highest BCUT2D eigenvalue weighted by Gasteiger charge is 2.51. The standard InChI is InChI=1S/C26H15ClN2.C25H15BrClN/c27-17-10-12-19-18-11-9-16(15-28)13-22(18)26(23(19)14-17)20-5-1-3-7-24(20)29-25-8-4-2-6-21(25)26;26-15-9-11-17-18-12-10-16(27)14-22(18)25(21(17)13-15)19-5-1-3-7-23(19)28-24-8-4-2-6-20(24)25/h1-14,29H;1-14,28H. The lowest BCUT2D eigenvalue weighted by atomic mass is 9.65. The Bertz CT molecular complexity index is 2910. The molecule has 57 heavy (non-hydrogen) atoms. The van der Waals surface area contributed by atoms with Gasteiger partial charge in [-0.3, -0.25) is 0 Å². The summed E-state index contributed by atoms with van der Waals surface area (Å²) in [5, 5.41) is 18.3. The minimum Gasteiger partial charge on any atom is -0.355 e. The normalized spacial score (nSPS) is 14.4. The molecule has 2 heterocycles. The largest absolute Gasteiger partial charge is 0.355 e. The van der Waals surface area contributed by atoms with Crippen molar-refractivity contribution in [3.8, 4) is 28.3 Å². The fraction of sp³-hybridized carbons (Fsp3) is 0.0392. The number of rotatable bonds is 0. The van der Waals surface area contributed by atoms with Crippen LogP contribution in [0.2, 0.25) is 10.0 Å². The van der Waals surface area contributed by atoms with E-state index in [0.717, 1.165) is 48.9 Å². The van der Waals surface area contributed by atoms with E-state index in [-0.39, 0.29) is 0 Å². The molecule has 0 atom stereocenters. The first-order valence-corrected chi connectivity index (χ1v) is 20.4. The van der Waals surface area contributed by atoms with Crippen LogP contribution in [-0.2, 0) is 10.8 Å². The van der Waals surface area contributed by atoms with E-state index in [1.54, 1.807) is 0 Å². The summed E-state index contributed by atoms with van der Waals surface area (Å²) < 4.78 is 1.08. The number of nitriles is 1. The maximum absolute atomic E-state index is 9.62. The van der Waals surface area contributed by atoms with E-state index in [1.165, 1.54) is 50.1 Å². The molecule has 8 aromatic rings. The van der Waals surface area contributed by atoms with E-state index in [9.17, 15) is 5.26 Å².